The third-order valence-electron chi connectivity index (χ3n) is 3.59. The normalized spacial score (nSPS) is 11.0. The van der Waals surface area contributed by atoms with Crippen LogP contribution in [0.25, 0.3) is 11.8 Å². The molecule has 3 rings (SSSR count). The lowest BCUT2D eigenvalue weighted by Crippen LogP contribution is -1.95. The van der Waals surface area contributed by atoms with Gasteiger partial charge in [0.05, 0.1) is 19.0 Å². The summed E-state index contributed by atoms with van der Waals surface area (Å²) < 4.78 is 6.71. The topological polar surface area (TPSA) is 64.3 Å². The van der Waals surface area contributed by atoms with Crippen molar-refractivity contribution in [3.8, 4) is 17.2 Å². The van der Waals surface area contributed by atoms with Gasteiger partial charge in [0.2, 0.25) is 0 Å². The second kappa shape index (κ2) is 7.23. The average Bonchev–Trinajstić information content (AvgIpc) is 3.09. The number of hydrogen-bond acceptors (Lipinski definition) is 4. The Bertz CT molecular complexity index is 930. The van der Waals surface area contributed by atoms with Crippen LogP contribution in [0.2, 0.25) is 5.02 Å². The van der Waals surface area contributed by atoms with E-state index in [4.69, 9.17) is 16.3 Å². The smallest absolute Gasteiger partial charge is 0.185 e. The number of aromatic nitrogens is 2. The number of methoxy groups -OCH3 is 1. The third-order valence-corrected chi connectivity index (χ3v) is 3.84. The predicted molar refractivity (Wildman–Crippen MR) is 96.6 cm³/mol. The summed E-state index contributed by atoms with van der Waals surface area (Å²) in [6.07, 6.45) is 6.61. The molecule has 0 atom stereocenters. The van der Waals surface area contributed by atoms with E-state index >= 15 is 0 Å². The summed E-state index contributed by atoms with van der Waals surface area (Å²) >= 11 is 5.88. The maximum atomic E-state index is 12.2. The Balaban J connectivity index is 1.76. The molecule has 25 heavy (non-hydrogen) atoms. The van der Waals surface area contributed by atoms with E-state index in [-0.39, 0.29) is 17.3 Å². The first kappa shape index (κ1) is 16.8. The highest BCUT2D eigenvalue weighted by Crippen LogP contribution is 2.26. The van der Waals surface area contributed by atoms with Gasteiger partial charge < -0.3 is 9.84 Å². The Morgan fingerprint density at radius 2 is 2.00 bits per heavy atom. The van der Waals surface area contributed by atoms with E-state index < -0.39 is 0 Å². The van der Waals surface area contributed by atoms with E-state index in [1.807, 2.05) is 18.3 Å². The minimum Gasteiger partial charge on any atom is -0.504 e. The molecule has 6 heteroatoms. The molecule has 0 saturated carbocycles. The molecule has 0 aliphatic rings. The molecule has 1 heterocycles. The van der Waals surface area contributed by atoms with Gasteiger partial charge in [0.25, 0.3) is 0 Å². The molecule has 0 fully saturated rings. The van der Waals surface area contributed by atoms with Gasteiger partial charge in [0, 0.05) is 22.3 Å². The van der Waals surface area contributed by atoms with Crippen molar-refractivity contribution in [2.45, 2.75) is 0 Å². The maximum absolute atomic E-state index is 12.2. The van der Waals surface area contributed by atoms with Crippen LogP contribution in [-0.4, -0.2) is 27.8 Å². The standard InChI is InChI=1S/C19H15ClN2O3/c1-25-19-10-14(3-9-18(19)24)17(23)8-2-13-11-21-22(12-13)16-6-4-15(20)5-7-16/h2-12,24H,1H3/b8-2-. The number of ketones is 1. The fourth-order valence-corrected chi connectivity index (χ4v) is 2.38. The average molecular weight is 355 g/mol. The minimum atomic E-state index is -0.197. The van der Waals surface area contributed by atoms with Gasteiger partial charge >= 0.3 is 0 Å². The zero-order chi connectivity index (χ0) is 17.8. The molecule has 0 radical (unpaired) electrons. The van der Waals surface area contributed by atoms with Crippen LogP contribution in [0, 0.1) is 0 Å². The highest BCUT2D eigenvalue weighted by atomic mass is 35.5. The van der Waals surface area contributed by atoms with Crippen molar-refractivity contribution in [2.75, 3.05) is 7.11 Å². The molecule has 0 aliphatic heterocycles. The van der Waals surface area contributed by atoms with E-state index in [0.717, 1.165) is 11.3 Å². The van der Waals surface area contributed by atoms with Crippen LogP contribution >= 0.6 is 11.6 Å². The quantitative estimate of drug-likeness (QED) is 0.552. The first-order valence-corrected chi connectivity index (χ1v) is 7.84. The summed E-state index contributed by atoms with van der Waals surface area (Å²) in [6.45, 7) is 0. The second-order valence-electron chi connectivity index (χ2n) is 5.28. The second-order valence-corrected chi connectivity index (χ2v) is 5.72. The van der Waals surface area contributed by atoms with Crippen molar-refractivity contribution in [3.05, 3.63) is 77.1 Å². The van der Waals surface area contributed by atoms with Gasteiger partial charge in [-0.1, -0.05) is 11.6 Å². The Hall–Kier alpha value is -3.05. The molecule has 0 aliphatic carbocycles. The number of carbonyl (C=O) groups is 1. The van der Waals surface area contributed by atoms with Crippen molar-refractivity contribution in [1.29, 1.82) is 0 Å². The van der Waals surface area contributed by atoms with Gasteiger partial charge in [-0.2, -0.15) is 5.10 Å². The van der Waals surface area contributed by atoms with Gasteiger partial charge in [0.15, 0.2) is 17.3 Å². The fraction of sp³-hybridized carbons (Fsp3) is 0.0526. The molecule has 0 spiro atoms. The highest BCUT2D eigenvalue weighted by Gasteiger charge is 2.07. The maximum Gasteiger partial charge on any atom is 0.185 e. The molecule has 0 bridgehead atoms. The van der Waals surface area contributed by atoms with E-state index in [1.54, 1.807) is 35.2 Å². The van der Waals surface area contributed by atoms with E-state index in [0.29, 0.717) is 10.6 Å². The number of benzene rings is 2. The van der Waals surface area contributed by atoms with E-state index in [1.165, 1.54) is 25.3 Å². The van der Waals surface area contributed by atoms with Crippen LogP contribution in [0.15, 0.2) is 60.9 Å². The van der Waals surface area contributed by atoms with Crippen LogP contribution in [0.1, 0.15) is 15.9 Å². The van der Waals surface area contributed by atoms with Gasteiger partial charge in [-0.05, 0) is 54.6 Å². The zero-order valence-electron chi connectivity index (χ0n) is 13.4. The number of allylic oxidation sites excluding steroid dienone is 1. The SMILES string of the molecule is COc1cc(C(=O)/C=C\c2cnn(-c3ccc(Cl)cc3)c2)ccc1O. The molecular formula is C19H15ClN2O3. The summed E-state index contributed by atoms with van der Waals surface area (Å²) in [5.41, 5.74) is 2.09. The Morgan fingerprint density at radius 3 is 2.72 bits per heavy atom. The molecule has 5 nitrogen and oxygen atoms in total. The zero-order valence-corrected chi connectivity index (χ0v) is 14.1. The Labute approximate surface area is 149 Å². The number of aromatic hydroxyl groups is 1. The summed E-state index contributed by atoms with van der Waals surface area (Å²) in [5, 5.41) is 14.5. The minimum absolute atomic E-state index is 0.00716. The summed E-state index contributed by atoms with van der Waals surface area (Å²) in [5.74, 6) is 0.0552. The third kappa shape index (κ3) is 3.89. The van der Waals surface area contributed by atoms with Gasteiger partial charge in [-0.3, -0.25) is 4.79 Å². The lowest BCUT2D eigenvalue weighted by Gasteiger charge is -2.04. The summed E-state index contributed by atoms with van der Waals surface area (Å²) in [7, 11) is 1.43. The lowest BCUT2D eigenvalue weighted by atomic mass is 10.1. The number of halogens is 1. The number of ether oxygens (including phenoxy) is 1. The van der Waals surface area contributed by atoms with Crippen molar-refractivity contribution >= 4 is 23.5 Å². The monoisotopic (exact) mass is 354 g/mol. The first-order chi connectivity index (χ1) is 12.1. The van der Waals surface area contributed by atoms with Crippen LogP contribution in [0.3, 0.4) is 0 Å². The van der Waals surface area contributed by atoms with E-state index in [2.05, 4.69) is 5.10 Å². The molecule has 0 saturated heterocycles. The van der Waals surface area contributed by atoms with Gasteiger partial charge in [0.1, 0.15) is 0 Å². The molecule has 3 aromatic rings. The number of rotatable bonds is 5. The number of carbonyl (C=O) groups excluding carboxylic acids is 1. The number of hydrogen-bond donors (Lipinski definition) is 1. The van der Waals surface area contributed by atoms with E-state index in [9.17, 15) is 9.90 Å². The molecular weight excluding hydrogens is 340 g/mol. The van der Waals surface area contributed by atoms with Crippen molar-refractivity contribution in [1.82, 2.24) is 9.78 Å². The molecule has 0 amide bonds. The predicted octanol–water partition coefficient (Wildman–Crippen LogP) is 4.14. The molecule has 2 aromatic carbocycles. The van der Waals surface area contributed by atoms with Crippen molar-refractivity contribution in [3.63, 3.8) is 0 Å². The van der Waals surface area contributed by atoms with Gasteiger partial charge in [-0.15, -0.1) is 0 Å². The fourth-order valence-electron chi connectivity index (χ4n) is 2.26. The summed E-state index contributed by atoms with van der Waals surface area (Å²) in [6, 6.07) is 11.8. The first-order valence-electron chi connectivity index (χ1n) is 7.47. The largest absolute Gasteiger partial charge is 0.504 e. The Kier molecular flexibility index (Phi) is 4.86. The van der Waals surface area contributed by atoms with Crippen molar-refractivity contribution in [2.24, 2.45) is 0 Å². The van der Waals surface area contributed by atoms with Crippen molar-refractivity contribution < 1.29 is 14.6 Å². The number of phenolic OH excluding ortho intramolecular Hbond substituents is 1. The van der Waals surface area contributed by atoms with Crippen LogP contribution < -0.4 is 4.74 Å². The van der Waals surface area contributed by atoms with Crippen LogP contribution in [-0.2, 0) is 0 Å². The summed E-state index contributed by atoms with van der Waals surface area (Å²) in [4.78, 5) is 12.2. The number of phenols is 1. The molecule has 0 unspecified atom stereocenters. The Morgan fingerprint density at radius 1 is 1.24 bits per heavy atom. The van der Waals surface area contributed by atoms with Crippen LogP contribution in [0.5, 0.6) is 11.5 Å². The lowest BCUT2D eigenvalue weighted by molar-refractivity contribution is 0.104. The highest BCUT2D eigenvalue weighted by molar-refractivity contribution is 6.30. The van der Waals surface area contributed by atoms with Crippen LogP contribution in [0.4, 0.5) is 0 Å². The molecule has 1 aromatic heterocycles. The molecule has 126 valence electrons. The van der Waals surface area contributed by atoms with Gasteiger partial charge in [-0.25, -0.2) is 4.68 Å². The molecule has 1 N–H and O–H groups in total. The number of nitrogens with zero attached hydrogens (tertiary/aromatic N) is 2.